The number of guanidine groups is 1. The average Bonchev–Trinajstić information content (AvgIpc) is 3.45. The molecule has 0 spiro atoms. The van der Waals surface area contributed by atoms with Crippen molar-refractivity contribution in [1.82, 2.24) is 26.2 Å². The van der Waals surface area contributed by atoms with Crippen LogP contribution < -0.4 is 27.0 Å². The number of carboxylic acids is 1. The van der Waals surface area contributed by atoms with E-state index in [9.17, 15) is 29.1 Å². The van der Waals surface area contributed by atoms with E-state index in [-0.39, 0.29) is 49.6 Å². The lowest BCUT2D eigenvalue weighted by molar-refractivity contribution is -0.147. The maximum atomic E-state index is 13.6. The molecule has 45 heavy (non-hydrogen) atoms. The molecule has 4 rings (SSSR count). The van der Waals surface area contributed by atoms with Gasteiger partial charge in [-0.1, -0.05) is 60.7 Å². The number of piperidine rings is 1. The lowest BCUT2D eigenvalue weighted by Gasteiger charge is -2.38. The second-order valence-electron chi connectivity index (χ2n) is 11.5. The largest absolute Gasteiger partial charge is 0.480 e. The van der Waals surface area contributed by atoms with E-state index in [0.29, 0.717) is 32.1 Å². The number of nitrogens with one attached hydrogen (secondary N) is 5. The maximum Gasteiger partial charge on any atom is 0.326 e. The monoisotopic (exact) mass is 619 g/mol. The van der Waals surface area contributed by atoms with Gasteiger partial charge in [0, 0.05) is 19.0 Å². The molecule has 5 atom stereocenters. The van der Waals surface area contributed by atoms with Crippen LogP contribution in [0.25, 0.3) is 0 Å². The predicted octanol–water partition coefficient (Wildman–Crippen LogP) is 0.427. The molecule has 240 valence electrons. The highest BCUT2D eigenvalue weighted by Crippen LogP contribution is 2.33. The number of carbonyl (C=O) groups excluding carboxylic acids is 4. The Bertz CT molecular complexity index is 1370. The molecule has 2 aromatic carbocycles. The van der Waals surface area contributed by atoms with Gasteiger partial charge in [0.2, 0.25) is 23.6 Å². The first-order valence-corrected chi connectivity index (χ1v) is 15.2. The van der Waals surface area contributed by atoms with Crippen LogP contribution in [0.5, 0.6) is 0 Å². The Labute approximate surface area is 261 Å². The minimum Gasteiger partial charge on any atom is -0.480 e. The summed E-state index contributed by atoms with van der Waals surface area (Å²) in [6, 6.07) is 14.0. The molecule has 4 amide bonds. The van der Waals surface area contributed by atoms with Crippen molar-refractivity contribution in [3.8, 4) is 0 Å². The molecule has 0 saturated carbocycles. The van der Waals surface area contributed by atoms with Gasteiger partial charge < -0.3 is 37.0 Å². The zero-order valence-corrected chi connectivity index (χ0v) is 25.0. The van der Waals surface area contributed by atoms with E-state index in [2.05, 4.69) is 21.3 Å². The molecule has 2 fully saturated rings. The fourth-order valence-electron chi connectivity index (χ4n) is 5.97. The number of carboxylic acid groups (broad SMARTS) is 1. The molecule has 0 bridgehead atoms. The third-order valence-corrected chi connectivity index (χ3v) is 8.20. The molecule has 8 N–H and O–H groups in total. The first kappa shape index (κ1) is 33.0. The Kier molecular flexibility index (Phi) is 11.5. The molecule has 3 unspecified atom stereocenters. The van der Waals surface area contributed by atoms with E-state index in [1.807, 2.05) is 30.3 Å². The van der Waals surface area contributed by atoms with Gasteiger partial charge in [-0.25, -0.2) is 4.79 Å². The Balaban J connectivity index is 1.42. The molecule has 2 aliphatic rings. The van der Waals surface area contributed by atoms with Crippen molar-refractivity contribution in [2.24, 2.45) is 5.73 Å². The van der Waals surface area contributed by atoms with Gasteiger partial charge in [0.05, 0.1) is 6.42 Å². The third kappa shape index (κ3) is 9.27. The van der Waals surface area contributed by atoms with Crippen LogP contribution in [-0.2, 0) is 36.8 Å². The van der Waals surface area contributed by atoms with Gasteiger partial charge in [0.1, 0.15) is 24.2 Å². The molecule has 13 nitrogen and oxygen atoms in total. The maximum absolute atomic E-state index is 13.6. The van der Waals surface area contributed by atoms with Gasteiger partial charge in [-0.2, -0.15) is 0 Å². The van der Waals surface area contributed by atoms with Crippen LogP contribution in [0.4, 0.5) is 0 Å². The van der Waals surface area contributed by atoms with Gasteiger partial charge >= 0.3 is 5.97 Å². The van der Waals surface area contributed by atoms with Gasteiger partial charge in [0.15, 0.2) is 5.96 Å². The van der Waals surface area contributed by atoms with Crippen molar-refractivity contribution in [1.29, 1.82) is 5.41 Å². The Morgan fingerprint density at radius 2 is 1.56 bits per heavy atom. The fraction of sp³-hybridized carbons (Fsp3) is 0.438. The lowest BCUT2D eigenvalue weighted by Crippen LogP contribution is -2.60. The summed E-state index contributed by atoms with van der Waals surface area (Å²) in [4.78, 5) is 66.8. The van der Waals surface area contributed by atoms with Crippen molar-refractivity contribution in [3.05, 3.63) is 71.8 Å². The van der Waals surface area contributed by atoms with Crippen LogP contribution in [0.2, 0.25) is 0 Å². The normalized spacial score (nSPS) is 20.3. The summed E-state index contributed by atoms with van der Waals surface area (Å²) < 4.78 is 0. The van der Waals surface area contributed by atoms with Crippen molar-refractivity contribution < 1.29 is 29.1 Å². The van der Waals surface area contributed by atoms with Crippen molar-refractivity contribution in [2.45, 2.75) is 81.6 Å². The molecule has 0 aliphatic carbocycles. The van der Waals surface area contributed by atoms with Gasteiger partial charge in [-0.3, -0.25) is 24.6 Å². The lowest BCUT2D eigenvalue weighted by atomic mass is 9.97. The number of rotatable bonds is 14. The summed E-state index contributed by atoms with van der Waals surface area (Å²) in [6.07, 6.45) is 2.79. The molecule has 0 radical (unpaired) electrons. The van der Waals surface area contributed by atoms with E-state index in [0.717, 1.165) is 11.1 Å². The molecule has 2 heterocycles. The summed E-state index contributed by atoms with van der Waals surface area (Å²) in [6.45, 7) is 0.266. The molecule has 2 saturated heterocycles. The first-order chi connectivity index (χ1) is 21.6. The number of fused-ring (bicyclic) bond motifs is 1. The topological polar surface area (TPSA) is 207 Å². The average molecular weight is 620 g/mol. The zero-order valence-electron chi connectivity index (χ0n) is 25.0. The van der Waals surface area contributed by atoms with Crippen LogP contribution in [0, 0.1) is 5.41 Å². The van der Waals surface area contributed by atoms with E-state index in [4.69, 9.17) is 11.1 Å². The molecule has 13 heteroatoms. The van der Waals surface area contributed by atoms with E-state index < -0.39 is 42.0 Å². The zero-order chi connectivity index (χ0) is 32.3. The molecule has 0 aromatic heterocycles. The van der Waals surface area contributed by atoms with Gasteiger partial charge in [0.25, 0.3) is 0 Å². The Hall–Kier alpha value is -4.94. The van der Waals surface area contributed by atoms with Crippen molar-refractivity contribution >= 4 is 35.6 Å². The van der Waals surface area contributed by atoms with E-state index in [1.165, 1.54) is 4.90 Å². The molecular formula is C32H41N7O6. The summed E-state index contributed by atoms with van der Waals surface area (Å²) in [5, 5.41) is 27.9. The number of nitrogens with two attached hydrogens (primary N) is 1. The Morgan fingerprint density at radius 1 is 0.911 bits per heavy atom. The number of benzene rings is 2. The standard InChI is InChI=1S/C32H41N7O6/c33-32(34)35-17-7-12-23(28(41)38-25(31(44)45)18-20-8-3-1-4-9-20)37-29(42)26-16-14-22-13-15-24(30(43)39(22)26)36-27(40)19-21-10-5-2-6-11-21/h1-6,8-11,22-26H,7,12-19H2,(H,36,40)(H,37,42)(H,38,41)(H,44,45)(H4,33,34,35)/t22-,23?,24?,25-,26?/m0/s1. The molecule has 2 aliphatic heterocycles. The molecular weight excluding hydrogens is 578 g/mol. The SMILES string of the molecule is N=C(N)NCCCC(NC(=O)C1CC[C@@H]2CCC(NC(=O)Cc3ccccc3)C(=O)N12)C(=O)N[C@@H](Cc1ccccc1)C(=O)O. The Morgan fingerprint density at radius 3 is 2.20 bits per heavy atom. The minimum atomic E-state index is -1.23. The number of carbonyl (C=O) groups is 5. The van der Waals surface area contributed by atoms with Gasteiger partial charge in [-0.05, 0) is 49.7 Å². The minimum absolute atomic E-state index is 0.0540. The smallest absolute Gasteiger partial charge is 0.326 e. The van der Waals surface area contributed by atoms with Crippen LogP contribution in [0.3, 0.4) is 0 Å². The van der Waals surface area contributed by atoms with Crippen molar-refractivity contribution in [3.63, 3.8) is 0 Å². The number of hydrogen-bond acceptors (Lipinski definition) is 6. The van der Waals surface area contributed by atoms with Crippen molar-refractivity contribution in [2.75, 3.05) is 6.54 Å². The van der Waals surface area contributed by atoms with Crippen LogP contribution in [0.1, 0.15) is 49.7 Å². The van der Waals surface area contributed by atoms with E-state index >= 15 is 0 Å². The summed E-state index contributed by atoms with van der Waals surface area (Å²) >= 11 is 0. The van der Waals surface area contributed by atoms with Crippen LogP contribution in [0.15, 0.2) is 60.7 Å². The number of amides is 4. The van der Waals surface area contributed by atoms with E-state index in [1.54, 1.807) is 30.3 Å². The van der Waals surface area contributed by atoms with Gasteiger partial charge in [-0.15, -0.1) is 0 Å². The second-order valence-corrected chi connectivity index (χ2v) is 11.5. The summed E-state index contributed by atoms with van der Waals surface area (Å²) in [5.41, 5.74) is 6.90. The predicted molar refractivity (Wildman–Crippen MR) is 166 cm³/mol. The fourth-order valence-corrected chi connectivity index (χ4v) is 5.97. The molecule has 2 aromatic rings. The third-order valence-electron chi connectivity index (χ3n) is 8.20. The van der Waals surface area contributed by atoms with Crippen LogP contribution in [-0.4, -0.2) is 82.3 Å². The quantitative estimate of drug-likeness (QED) is 0.0894. The number of nitrogens with zero attached hydrogens (tertiary/aromatic N) is 1. The van der Waals surface area contributed by atoms with Crippen LogP contribution >= 0.6 is 0 Å². The highest BCUT2D eigenvalue weighted by molar-refractivity contribution is 5.96. The summed E-state index contributed by atoms with van der Waals surface area (Å²) in [7, 11) is 0. The summed E-state index contributed by atoms with van der Waals surface area (Å²) in [5.74, 6) is -3.24. The highest BCUT2D eigenvalue weighted by atomic mass is 16.4. The second kappa shape index (κ2) is 15.7. The number of aliphatic carboxylic acids is 1. The first-order valence-electron chi connectivity index (χ1n) is 15.2. The number of hydrogen-bond donors (Lipinski definition) is 7. The highest BCUT2D eigenvalue weighted by Gasteiger charge is 2.46.